The molecule has 0 aliphatic carbocycles. The number of carbonyl (C=O) groups is 1. The van der Waals surface area contributed by atoms with Crippen molar-refractivity contribution in [3.05, 3.63) is 65.3 Å². The average molecular weight is 406 g/mol. The van der Waals surface area contributed by atoms with Gasteiger partial charge in [-0.3, -0.25) is 10.1 Å². The number of nitrogens with one attached hydrogen (secondary N) is 1. The van der Waals surface area contributed by atoms with Crippen LogP contribution in [0.1, 0.15) is 22.2 Å². The van der Waals surface area contributed by atoms with E-state index in [2.05, 4.69) is 25.8 Å². The van der Waals surface area contributed by atoms with E-state index in [0.29, 0.717) is 17.3 Å². The predicted octanol–water partition coefficient (Wildman–Crippen LogP) is 3.75. The molecule has 4 rings (SSSR count). The highest BCUT2D eigenvalue weighted by atomic mass is 32.1. The zero-order chi connectivity index (χ0) is 20.2. The molecule has 0 atom stereocenters. The van der Waals surface area contributed by atoms with E-state index in [9.17, 15) is 4.79 Å². The lowest BCUT2D eigenvalue weighted by Gasteiger charge is -2.04. The maximum absolute atomic E-state index is 12.6. The Morgan fingerprint density at radius 2 is 1.90 bits per heavy atom. The van der Waals surface area contributed by atoms with Gasteiger partial charge in [-0.25, -0.2) is 9.67 Å². The van der Waals surface area contributed by atoms with E-state index in [-0.39, 0.29) is 5.91 Å². The quantitative estimate of drug-likeness (QED) is 0.524. The van der Waals surface area contributed by atoms with Crippen molar-refractivity contribution in [2.75, 3.05) is 11.9 Å². The monoisotopic (exact) mass is 406 g/mol. The number of aryl methyl sites for hydroxylation is 1. The SMILES string of the molecule is CCOc1ccc(-c2nc(NC(=O)c3ccc(-n4cnnn4)cc3)sc2C)cc1. The van der Waals surface area contributed by atoms with E-state index in [1.807, 2.05) is 38.1 Å². The van der Waals surface area contributed by atoms with Gasteiger partial charge in [0, 0.05) is 16.0 Å². The summed E-state index contributed by atoms with van der Waals surface area (Å²) < 4.78 is 7.00. The van der Waals surface area contributed by atoms with Gasteiger partial charge in [-0.15, -0.1) is 16.4 Å². The summed E-state index contributed by atoms with van der Waals surface area (Å²) in [5.74, 6) is 0.600. The van der Waals surface area contributed by atoms with Gasteiger partial charge >= 0.3 is 0 Å². The number of amides is 1. The van der Waals surface area contributed by atoms with E-state index in [1.165, 1.54) is 22.3 Å². The average Bonchev–Trinajstić information content (AvgIpc) is 3.39. The molecule has 0 bridgehead atoms. The first-order valence-corrected chi connectivity index (χ1v) is 9.81. The predicted molar refractivity (Wildman–Crippen MR) is 111 cm³/mol. The number of hydrogen-bond acceptors (Lipinski definition) is 7. The topological polar surface area (TPSA) is 94.8 Å². The third-order valence-corrected chi connectivity index (χ3v) is 5.09. The molecule has 0 fully saturated rings. The fraction of sp³-hybridized carbons (Fsp3) is 0.150. The van der Waals surface area contributed by atoms with Crippen LogP contribution in [0.5, 0.6) is 5.75 Å². The number of ether oxygens (including phenoxy) is 1. The Hall–Kier alpha value is -3.59. The molecule has 8 nitrogen and oxygen atoms in total. The number of benzene rings is 2. The van der Waals surface area contributed by atoms with Crippen LogP contribution in [0.4, 0.5) is 5.13 Å². The van der Waals surface area contributed by atoms with Crippen molar-refractivity contribution in [2.24, 2.45) is 0 Å². The third kappa shape index (κ3) is 4.14. The first kappa shape index (κ1) is 18.8. The Morgan fingerprint density at radius 3 is 2.55 bits per heavy atom. The summed E-state index contributed by atoms with van der Waals surface area (Å²) in [5.41, 5.74) is 3.13. The molecule has 1 amide bonds. The number of hydrogen-bond donors (Lipinski definition) is 1. The van der Waals surface area contributed by atoms with Crippen LogP contribution < -0.4 is 10.1 Å². The van der Waals surface area contributed by atoms with E-state index in [4.69, 9.17) is 4.74 Å². The number of carbonyl (C=O) groups excluding carboxylic acids is 1. The third-order valence-electron chi connectivity index (χ3n) is 4.20. The van der Waals surface area contributed by atoms with Crippen molar-refractivity contribution in [1.29, 1.82) is 0 Å². The molecule has 146 valence electrons. The summed E-state index contributed by atoms with van der Waals surface area (Å²) in [7, 11) is 0. The van der Waals surface area contributed by atoms with Gasteiger partial charge in [-0.1, -0.05) is 0 Å². The first-order chi connectivity index (χ1) is 14.1. The maximum Gasteiger partial charge on any atom is 0.257 e. The number of thiazole rings is 1. The molecular formula is C20H18N6O2S. The van der Waals surface area contributed by atoms with Gasteiger partial charge in [-0.2, -0.15) is 0 Å². The minimum atomic E-state index is -0.222. The minimum absolute atomic E-state index is 0.222. The molecule has 0 unspecified atom stereocenters. The Bertz CT molecular complexity index is 1110. The summed E-state index contributed by atoms with van der Waals surface area (Å²) in [5, 5.41) is 14.5. The molecule has 0 spiro atoms. The molecule has 29 heavy (non-hydrogen) atoms. The smallest absolute Gasteiger partial charge is 0.257 e. The van der Waals surface area contributed by atoms with Crippen molar-refractivity contribution in [3.8, 4) is 22.7 Å². The van der Waals surface area contributed by atoms with Gasteiger partial charge in [-0.05, 0) is 72.8 Å². The van der Waals surface area contributed by atoms with Gasteiger partial charge in [0.1, 0.15) is 12.1 Å². The lowest BCUT2D eigenvalue weighted by Crippen LogP contribution is -2.11. The molecule has 0 aliphatic rings. The van der Waals surface area contributed by atoms with Gasteiger partial charge in [0.05, 0.1) is 18.0 Å². The lowest BCUT2D eigenvalue weighted by molar-refractivity contribution is 0.102. The van der Waals surface area contributed by atoms with Gasteiger partial charge in [0.25, 0.3) is 5.91 Å². The molecular weight excluding hydrogens is 388 g/mol. The summed E-state index contributed by atoms with van der Waals surface area (Å²) in [6, 6.07) is 14.8. The zero-order valence-corrected chi connectivity index (χ0v) is 16.7. The second-order valence-electron chi connectivity index (χ2n) is 6.14. The molecule has 4 aromatic rings. The summed E-state index contributed by atoms with van der Waals surface area (Å²) in [4.78, 5) is 18.2. The molecule has 0 saturated heterocycles. The molecule has 1 N–H and O–H groups in total. The summed E-state index contributed by atoms with van der Waals surface area (Å²) >= 11 is 1.44. The lowest BCUT2D eigenvalue weighted by atomic mass is 10.1. The number of rotatable bonds is 6. The summed E-state index contributed by atoms with van der Waals surface area (Å²) in [6.07, 6.45) is 1.50. The van der Waals surface area contributed by atoms with E-state index >= 15 is 0 Å². The molecule has 9 heteroatoms. The second-order valence-corrected chi connectivity index (χ2v) is 7.34. The van der Waals surface area contributed by atoms with Gasteiger partial charge < -0.3 is 4.74 Å². The summed E-state index contributed by atoms with van der Waals surface area (Å²) in [6.45, 7) is 4.56. The molecule has 0 radical (unpaired) electrons. The highest BCUT2D eigenvalue weighted by Gasteiger charge is 2.13. The van der Waals surface area contributed by atoms with Crippen molar-refractivity contribution in [1.82, 2.24) is 25.2 Å². The highest BCUT2D eigenvalue weighted by molar-refractivity contribution is 7.16. The molecule has 2 aromatic carbocycles. The van der Waals surface area contributed by atoms with Crippen LogP contribution in [-0.2, 0) is 0 Å². The Kier molecular flexibility index (Phi) is 5.30. The zero-order valence-electron chi connectivity index (χ0n) is 15.9. The van der Waals surface area contributed by atoms with Crippen molar-refractivity contribution < 1.29 is 9.53 Å². The standard InChI is InChI=1S/C20H18N6O2S/c1-3-28-17-10-6-14(7-11-17)18-13(2)29-20(22-18)23-19(27)15-4-8-16(9-5-15)26-12-21-24-25-26/h4-12H,3H2,1-2H3,(H,22,23,27). The normalized spacial score (nSPS) is 10.7. The van der Waals surface area contributed by atoms with E-state index in [1.54, 1.807) is 24.3 Å². The van der Waals surface area contributed by atoms with Crippen molar-refractivity contribution in [3.63, 3.8) is 0 Å². The number of aromatic nitrogens is 5. The van der Waals surface area contributed by atoms with Gasteiger partial charge in [0.15, 0.2) is 5.13 Å². The molecule has 0 saturated carbocycles. The van der Waals surface area contributed by atoms with Crippen LogP contribution in [0, 0.1) is 6.92 Å². The Labute approximate surface area is 171 Å². The number of nitrogens with zero attached hydrogens (tertiary/aromatic N) is 5. The Balaban J connectivity index is 1.48. The van der Waals surface area contributed by atoms with E-state index in [0.717, 1.165) is 27.6 Å². The van der Waals surface area contributed by atoms with Crippen LogP contribution in [0.15, 0.2) is 54.9 Å². The highest BCUT2D eigenvalue weighted by Crippen LogP contribution is 2.31. The largest absolute Gasteiger partial charge is 0.494 e. The second kappa shape index (κ2) is 8.19. The van der Waals surface area contributed by atoms with Crippen LogP contribution in [0.25, 0.3) is 16.9 Å². The van der Waals surface area contributed by atoms with Crippen LogP contribution in [0.3, 0.4) is 0 Å². The maximum atomic E-state index is 12.6. The Morgan fingerprint density at radius 1 is 1.14 bits per heavy atom. The number of anilines is 1. The van der Waals surface area contributed by atoms with Crippen LogP contribution >= 0.6 is 11.3 Å². The fourth-order valence-electron chi connectivity index (χ4n) is 2.81. The number of tetrazole rings is 1. The van der Waals surface area contributed by atoms with Crippen molar-refractivity contribution >= 4 is 22.4 Å². The van der Waals surface area contributed by atoms with Crippen LogP contribution in [-0.4, -0.2) is 37.7 Å². The minimum Gasteiger partial charge on any atom is -0.494 e. The van der Waals surface area contributed by atoms with Crippen LogP contribution in [0.2, 0.25) is 0 Å². The van der Waals surface area contributed by atoms with E-state index < -0.39 is 0 Å². The molecule has 2 aromatic heterocycles. The fourth-order valence-corrected chi connectivity index (χ4v) is 3.64. The molecule has 0 aliphatic heterocycles. The molecule has 2 heterocycles. The first-order valence-electron chi connectivity index (χ1n) is 8.99. The van der Waals surface area contributed by atoms with Gasteiger partial charge in [0.2, 0.25) is 0 Å². The van der Waals surface area contributed by atoms with Crippen molar-refractivity contribution in [2.45, 2.75) is 13.8 Å².